The fourth-order valence-corrected chi connectivity index (χ4v) is 1.88. The van der Waals surface area contributed by atoms with E-state index in [1.54, 1.807) is 0 Å². The minimum atomic E-state index is -4.83. The van der Waals surface area contributed by atoms with Crippen molar-refractivity contribution < 1.29 is 42.9 Å². The Morgan fingerprint density at radius 1 is 1.12 bits per heavy atom. The molecule has 0 amide bonds. The lowest BCUT2D eigenvalue weighted by Crippen LogP contribution is -2.34. The molecular formula is C5H15NO9P2. The highest BCUT2D eigenvalue weighted by atomic mass is 31.2. The van der Waals surface area contributed by atoms with E-state index in [1.807, 2.05) is 0 Å². The number of hydrogen-bond donors (Lipinski definition) is 6. The SMILES string of the molecule is NCC[C@H](OP(=O)(O)O)[C@H](O)COP(=O)(O)O. The molecule has 0 aromatic carbocycles. The Balaban J connectivity index is 4.39. The lowest BCUT2D eigenvalue weighted by atomic mass is 10.1. The molecule has 2 atom stereocenters. The summed E-state index contributed by atoms with van der Waals surface area (Å²) < 4.78 is 29.1. The predicted molar refractivity (Wildman–Crippen MR) is 54.6 cm³/mol. The van der Waals surface area contributed by atoms with Crippen molar-refractivity contribution in [2.24, 2.45) is 5.73 Å². The van der Waals surface area contributed by atoms with Crippen LogP contribution in [0.15, 0.2) is 0 Å². The highest BCUT2D eigenvalue weighted by molar-refractivity contribution is 7.46. The number of phosphoric ester groups is 2. The molecule has 0 bridgehead atoms. The van der Waals surface area contributed by atoms with Crippen molar-refractivity contribution in [2.45, 2.75) is 18.6 Å². The van der Waals surface area contributed by atoms with Gasteiger partial charge in [-0.15, -0.1) is 0 Å². The van der Waals surface area contributed by atoms with Crippen LogP contribution in [0.25, 0.3) is 0 Å². The van der Waals surface area contributed by atoms with Crippen molar-refractivity contribution in [3.05, 3.63) is 0 Å². The first-order valence-electron chi connectivity index (χ1n) is 4.37. The molecule has 0 unspecified atom stereocenters. The Labute approximate surface area is 96.8 Å². The van der Waals surface area contributed by atoms with Crippen LogP contribution in [-0.2, 0) is 18.2 Å². The Kier molecular flexibility index (Phi) is 6.97. The zero-order valence-electron chi connectivity index (χ0n) is 8.62. The molecule has 0 aromatic heterocycles. The van der Waals surface area contributed by atoms with Gasteiger partial charge in [0.05, 0.1) is 12.7 Å². The summed E-state index contributed by atoms with van der Waals surface area (Å²) in [5, 5.41) is 9.37. The van der Waals surface area contributed by atoms with Crippen LogP contribution in [0.3, 0.4) is 0 Å². The second-order valence-corrected chi connectivity index (χ2v) is 5.50. The highest BCUT2D eigenvalue weighted by Crippen LogP contribution is 2.40. The summed E-state index contributed by atoms with van der Waals surface area (Å²) in [6, 6.07) is 0. The van der Waals surface area contributed by atoms with Gasteiger partial charge in [0.15, 0.2) is 0 Å². The number of rotatable bonds is 8. The molecule has 0 aliphatic carbocycles. The van der Waals surface area contributed by atoms with E-state index in [1.165, 1.54) is 0 Å². The molecule has 7 N–H and O–H groups in total. The molecule has 0 radical (unpaired) electrons. The van der Waals surface area contributed by atoms with Crippen molar-refractivity contribution in [3.8, 4) is 0 Å². The van der Waals surface area contributed by atoms with Crippen LogP contribution in [0.1, 0.15) is 6.42 Å². The van der Waals surface area contributed by atoms with E-state index in [0.717, 1.165) is 0 Å². The van der Waals surface area contributed by atoms with Crippen molar-refractivity contribution in [3.63, 3.8) is 0 Å². The fourth-order valence-electron chi connectivity index (χ4n) is 0.937. The first kappa shape index (κ1) is 17.1. The average Bonchev–Trinajstić information content (AvgIpc) is 2.10. The zero-order valence-corrected chi connectivity index (χ0v) is 10.4. The van der Waals surface area contributed by atoms with E-state index in [-0.39, 0.29) is 13.0 Å². The number of hydrogen-bond acceptors (Lipinski definition) is 6. The number of nitrogens with two attached hydrogens (primary N) is 1. The topological polar surface area (TPSA) is 180 Å². The maximum Gasteiger partial charge on any atom is 0.469 e. The van der Waals surface area contributed by atoms with Crippen LogP contribution in [-0.4, -0.2) is 50.0 Å². The van der Waals surface area contributed by atoms with E-state index in [9.17, 15) is 14.2 Å². The maximum atomic E-state index is 10.5. The van der Waals surface area contributed by atoms with Crippen LogP contribution >= 0.6 is 15.6 Å². The smallest absolute Gasteiger partial charge is 0.388 e. The molecule has 0 saturated carbocycles. The second-order valence-electron chi connectivity index (χ2n) is 3.07. The Morgan fingerprint density at radius 2 is 1.65 bits per heavy atom. The fraction of sp³-hybridized carbons (Fsp3) is 1.00. The van der Waals surface area contributed by atoms with Crippen molar-refractivity contribution in [1.82, 2.24) is 0 Å². The van der Waals surface area contributed by atoms with Gasteiger partial charge in [-0.05, 0) is 13.0 Å². The molecule has 10 nitrogen and oxygen atoms in total. The largest absolute Gasteiger partial charge is 0.469 e. The number of aliphatic hydroxyl groups excluding tert-OH is 1. The summed E-state index contributed by atoms with van der Waals surface area (Å²) in [6.07, 6.45) is -3.12. The Bertz CT molecular complexity index is 311. The quantitative estimate of drug-likeness (QED) is 0.282. The molecule has 0 heterocycles. The van der Waals surface area contributed by atoms with Gasteiger partial charge in [-0.3, -0.25) is 9.05 Å². The third-order valence-corrected chi connectivity index (χ3v) is 2.60. The van der Waals surface area contributed by atoms with Crippen LogP contribution in [0.4, 0.5) is 0 Å². The van der Waals surface area contributed by atoms with E-state index in [2.05, 4.69) is 9.05 Å². The van der Waals surface area contributed by atoms with E-state index >= 15 is 0 Å². The summed E-state index contributed by atoms with van der Waals surface area (Å²) >= 11 is 0. The van der Waals surface area contributed by atoms with Crippen LogP contribution in [0, 0.1) is 0 Å². The van der Waals surface area contributed by atoms with Gasteiger partial charge in [-0.1, -0.05) is 0 Å². The summed E-state index contributed by atoms with van der Waals surface area (Å²) in [6.45, 7) is -0.882. The van der Waals surface area contributed by atoms with Crippen molar-refractivity contribution in [1.29, 1.82) is 0 Å². The van der Waals surface area contributed by atoms with Crippen LogP contribution < -0.4 is 5.73 Å². The third kappa shape index (κ3) is 9.81. The van der Waals surface area contributed by atoms with Gasteiger partial charge in [0.1, 0.15) is 6.10 Å². The molecular weight excluding hydrogens is 280 g/mol. The molecule has 0 spiro atoms. The first-order chi connectivity index (χ1) is 7.55. The summed E-state index contributed by atoms with van der Waals surface area (Å²) in [5.41, 5.74) is 5.13. The van der Waals surface area contributed by atoms with Gasteiger partial charge in [0, 0.05) is 0 Å². The third-order valence-electron chi connectivity index (χ3n) is 1.57. The van der Waals surface area contributed by atoms with E-state index < -0.39 is 34.5 Å². The highest BCUT2D eigenvalue weighted by Gasteiger charge is 2.29. The Morgan fingerprint density at radius 3 is 2.00 bits per heavy atom. The molecule has 0 aromatic rings. The number of phosphoric acid groups is 2. The van der Waals surface area contributed by atoms with E-state index in [0.29, 0.717) is 0 Å². The number of aliphatic hydroxyl groups is 1. The lowest BCUT2D eigenvalue weighted by molar-refractivity contribution is -0.0154. The summed E-state index contributed by atoms with van der Waals surface area (Å²) in [5.74, 6) is 0. The monoisotopic (exact) mass is 295 g/mol. The van der Waals surface area contributed by atoms with Gasteiger partial charge < -0.3 is 30.4 Å². The van der Waals surface area contributed by atoms with Gasteiger partial charge >= 0.3 is 15.6 Å². The minimum Gasteiger partial charge on any atom is -0.388 e. The standard InChI is InChI=1S/C5H15NO9P2/c6-2-1-5(15-17(11,12)13)4(7)3-14-16(8,9)10/h4-5,7H,1-3,6H2,(H2,8,9,10)(H2,11,12,13)/t4-,5+/m1/s1. The van der Waals surface area contributed by atoms with Gasteiger partial charge in [-0.2, -0.15) is 0 Å². The molecule has 0 saturated heterocycles. The van der Waals surface area contributed by atoms with E-state index in [4.69, 9.17) is 25.3 Å². The molecule has 12 heteroatoms. The predicted octanol–water partition coefficient (Wildman–Crippen LogP) is -1.72. The molecule has 104 valence electrons. The van der Waals surface area contributed by atoms with Crippen molar-refractivity contribution in [2.75, 3.05) is 13.2 Å². The first-order valence-corrected chi connectivity index (χ1v) is 7.43. The lowest BCUT2D eigenvalue weighted by Gasteiger charge is -2.22. The molecule has 17 heavy (non-hydrogen) atoms. The Hall–Kier alpha value is 0.140. The average molecular weight is 295 g/mol. The van der Waals surface area contributed by atoms with Crippen LogP contribution in [0.2, 0.25) is 0 Å². The van der Waals surface area contributed by atoms with Crippen molar-refractivity contribution >= 4 is 15.6 Å². The molecule has 0 aliphatic rings. The minimum absolute atomic E-state index is 0.0440. The molecule has 0 rings (SSSR count). The van der Waals surface area contributed by atoms with Gasteiger partial charge in [0.2, 0.25) is 0 Å². The summed E-state index contributed by atoms with van der Waals surface area (Å²) in [7, 11) is -9.61. The molecule has 0 fully saturated rings. The zero-order chi connectivity index (χ0) is 13.7. The van der Waals surface area contributed by atoms with Crippen LogP contribution in [0.5, 0.6) is 0 Å². The van der Waals surface area contributed by atoms with Gasteiger partial charge in [-0.25, -0.2) is 9.13 Å². The maximum absolute atomic E-state index is 10.5. The normalized spacial score (nSPS) is 16.8. The van der Waals surface area contributed by atoms with Gasteiger partial charge in [0.25, 0.3) is 0 Å². The summed E-state index contributed by atoms with van der Waals surface area (Å²) in [4.78, 5) is 33.8. The second kappa shape index (κ2) is 6.91. The molecule has 0 aliphatic heterocycles.